The van der Waals surface area contributed by atoms with E-state index < -0.39 is 0 Å². The highest BCUT2D eigenvalue weighted by molar-refractivity contribution is 5.32. The number of nitrogens with zero attached hydrogens (tertiary/aromatic N) is 4. The third-order valence-corrected chi connectivity index (χ3v) is 4.12. The Morgan fingerprint density at radius 3 is 2.40 bits per heavy atom. The summed E-state index contributed by atoms with van der Waals surface area (Å²) in [5.41, 5.74) is 7.79. The molecule has 0 spiro atoms. The molecule has 1 aliphatic carbocycles. The fraction of sp³-hybridized carbons (Fsp3) is 0.800. The van der Waals surface area contributed by atoms with E-state index in [1.54, 1.807) is 0 Å². The predicted octanol–water partition coefficient (Wildman–Crippen LogP) is 2.09. The fourth-order valence-electron chi connectivity index (χ4n) is 2.97. The van der Waals surface area contributed by atoms with E-state index in [2.05, 4.69) is 28.9 Å². The van der Waals surface area contributed by atoms with Gasteiger partial charge in [0.25, 0.3) is 0 Å². The zero-order chi connectivity index (χ0) is 14.4. The maximum Gasteiger partial charge on any atom is 0.245 e. The van der Waals surface area contributed by atoms with E-state index in [0.29, 0.717) is 12.6 Å². The summed E-state index contributed by atoms with van der Waals surface area (Å²) in [5, 5.41) is 8.76. The lowest BCUT2D eigenvalue weighted by Crippen LogP contribution is -2.37. The lowest BCUT2D eigenvalue weighted by molar-refractivity contribution is 0.572. The van der Waals surface area contributed by atoms with Crippen LogP contribution in [0.15, 0.2) is 0 Å². The summed E-state index contributed by atoms with van der Waals surface area (Å²) < 4.78 is 0. The van der Waals surface area contributed by atoms with Crippen LogP contribution in [-0.2, 0) is 12.8 Å². The molecule has 0 saturated heterocycles. The summed E-state index contributed by atoms with van der Waals surface area (Å²) in [6.45, 7) is 5.89. The molecular formula is C15H27N5. The Hall–Kier alpha value is -1.23. The van der Waals surface area contributed by atoms with Crippen LogP contribution in [0, 0.1) is 0 Å². The molecule has 0 amide bonds. The van der Waals surface area contributed by atoms with Gasteiger partial charge in [-0.3, -0.25) is 0 Å². The SMILES string of the molecule is CCc1nnc(N(CCCN)C2CCCC2)nc1CC. The van der Waals surface area contributed by atoms with Gasteiger partial charge >= 0.3 is 0 Å². The third kappa shape index (κ3) is 3.45. The van der Waals surface area contributed by atoms with Crippen LogP contribution >= 0.6 is 0 Å². The Morgan fingerprint density at radius 1 is 1.10 bits per heavy atom. The Bertz CT molecular complexity index is 415. The molecule has 2 N–H and O–H groups in total. The molecule has 1 fully saturated rings. The Morgan fingerprint density at radius 2 is 1.80 bits per heavy atom. The highest BCUT2D eigenvalue weighted by Gasteiger charge is 2.25. The van der Waals surface area contributed by atoms with Crippen molar-refractivity contribution in [3.05, 3.63) is 11.4 Å². The van der Waals surface area contributed by atoms with Gasteiger partial charge in [-0.2, -0.15) is 5.10 Å². The summed E-state index contributed by atoms with van der Waals surface area (Å²) in [4.78, 5) is 7.11. The molecule has 0 unspecified atom stereocenters. The van der Waals surface area contributed by atoms with Crippen molar-refractivity contribution in [1.82, 2.24) is 15.2 Å². The molecule has 5 heteroatoms. The standard InChI is InChI=1S/C15H27N5/c1-3-13-14(4-2)18-19-15(17-13)20(11-7-10-16)12-8-5-6-9-12/h12H,3-11,16H2,1-2H3. The monoisotopic (exact) mass is 277 g/mol. The molecule has 112 valence electrons. The molecule has 2 rings (SSSR count). The normalized spacial score (nSPS) is 15.8. The number of hydrogen-bond donors (Lipinski definition) is 1. The average Bonchev–Trinajstić information content (AvgIpc) is 3.01. The minimum atomic E-state index is 0.570. The van der Waals surface area contributed by atoms with Gasteiger partial charge in [-0.25, -0.2) is 4.98 Å². The predicted molar refractivity (Wildman–Crippen MR) is 81.9 cm³/mol. The van der Waals surface area contributed by atoms with E-state index in [0.717, 1.165) is 43.1 Å². The quantitative estimate of drug-likeness (QED) is 0.826. The number of anilines is 1. The first-order valence-corrected chi connectivity index (χ1v) is 7.99. The van der Waals surface area contributed by atoms with Crippen molar-refractivity contribution in [2.75, 3.05) is 18.0 Å². The van der Waals surface area contributed by atoms with E-state index in [4.69, 9.17) is 10.7 Å². The largest absolute Gasteiger partial charge is 0.336 e. The summed E-state index contributed by atoms with van der Waals surface area (Å²) >= 11 is 0. The number of rotatable bonds is 7. The van der Waals surface area contributed by atoms with E-state index >= 15 is 0 Å². The Kier molecular flexibility index (Phi) is 5.71. The Balaban J connectivity index is 2.22. The number of aryl methyl sites for hydroxylation is 2. The van der Waals surface area contributed by atoms with Crippen LogP contribution in [0.1, 0.15) is 57.3 Å². The van der Waals surface area contributed by atoms with E-state index in [1.165, 1.54) is 25.7 Å². The molecular weight excluding hydrogens is 250 g/mol. The highest BCUT2D eigenvalue weighted by atomic mass is 15.3. The summed E-state index contributed by atoms with van der Waals surface area (Å²) in [5.74, 6) is 0.805. The molecule has 1 aromatic heterocycles. The number of aromatic nitrogens is 3. The van der Waals surface area contributed by atoms with Crippen LogP contribution in [-0.4, -0.2) is 34.3 Å². The molecule has 0 radical (unpaired) electrons. The molecule has 20 heavy (non-hydrogen) atoms. The van der Waals surface area contributed by atoms with Crippen molar-refractivity contribution in [3.8, 4) is 0 Å². The fourth-order valence-corrected chi connectivity index (χ4v) is 2.97. The first-order valence-electron chi connectivity index (χ1n) is 7.99. The smallest absolute Gasteiger partial charge is 0.245 e. The van der Waals surface area contributed by atoms with Crippen LogP contribution in [0.4, 0.5) is 5.95 Å². The molecule has 0 bridgehead atoms. The average molecular weight is 277 g/mol. The number of hydrogen-bond acceptors (Lipinski definition) is 5. The second kappa shape index (κ2) is 7.53. The summed E-state index contributed by atoms with van der Waals surface area (Å²) in [7, 11) is 0. The van der Waals surface area contributed by atoms with Crippen LogP contribution in [0.5, 0.6) is 0 Å². The molecule has 1 saturated carbocycles. The summed E-state index contributed by atoms with van der Waals surface area (Å²) in [6, 6.07) is 0.570. The second-order valence-corrected chi connectivity index (χ2v) is 5.49. The van der Waals surface area contributed by atoms with Crippen molar-refractivity contribution in [2.45, 2.75) is 64.8 Å². The maximum absolute atomic E-state index is 5.67. The van der Waals surface area contributed by atoms with Gasteiger partial charge in [-0.15, -0.1) is 5.10 Å². The molecule has 0 aromatic carbocycles. The zero-order valence-corrected chi connectivity index (χ0v) is 12.8. The lowest BCUT2D eigenvalue weighted by Gasteiger charge is -2.29. The Labute approximate surface area is 122 Å². The van der Waals surface area contributed by atoms with Gasteiger partial charge in [-0.1, -0.05) is 26.7 Å². The summed E-state index contributed by atoms with van der Waals surface area (Å²) in [6.07, 6.45) is 7.90. The van der Waals surface area contributed by atoms with Crippen LogP contribution in [0.2, 0.25) is 0 Å². The first kappa shape index (κ1) is 15.2. The van der Waals surface area contributed by atoms with E-state index in [9.17, 15) is 0 Å². The second-order valence-electron chi connectivity index (χ2n) is 5.49. The van der Waals surface area contributed by atoms with Crippen molar-refractivity contribution >= 4 is 5.95 Å². The number of nitrogens with two attached hydrogens (primary N) is 1. The molecule has 1 aliphatic rings. The molecule has 1 aromatic rings. The van der Waals surface area contributed by atoms with Crippen LogP contribution in [0.3, 0.4) is 0 Å². The zero-order valence-electron chi connectivity index (χ0n) is 12.8. The molecule has 0 aliphatic heterocycles. The van der Waals surface area contributed by atoms with E-state index in [-0.39, 0.29) is 0 Å². The van der Waals surface area contributed by atoms with Gasteiger partial charge in [-0.05, 0) is 38.6 Å². The van der Waals surface area contributed by atoms with Crippen molar-refractivity contribution < 1.29 is 0 Å². The van der Waals surface area contributed by atoms with Gasteiger partial charge in [0, 0.05) is 12.6 Å². The minimum Gasteiger partial charge on any atom is -0.336 e. The van der Waals surface area contributed by atoms with Crippen LogP contribution in [0.25, 0.3) is 0 Å². The van der Waals surface area contributed by atoms with Crippen molar-refractivity contribution in [3.63, 3.8) is 0 Å². The van der Waals surface area contributed by atoms with Crippen LogP contribution < -0.4 is 10.6 Å². The lowest BCUT2D eigenvalue weighted by atomic mass is 10.2. The molecule has 1 heterocycles. The highest BCUT2D eigenvalue weighted by Crippen LogP contribution is 2.26. The minimum absolute atomic E-state index is 0.570. The van der Waals surface area contributed by atoms with E-state index in [1.807, 2.05) is 0 Å². The van der Waals surface area contributed by atoms with Gasteiger partial charge < -0.3 is 10.6 Å². The van der Waals surface area contributed by atoms with Crippen molar-refractivity contribution in [1.29, 1.82) is 0 Å². The first-order chi connectivity index (χ1) is 9.80. The maximum atomic E-state index is 5.67. The topological polar surface area (TPSA) is 67.9 Å². The van der Waals surface area contributed by atoms with Crippen molar-refractivity contribution in [2.24, 2.45) is 5.73 Å². The van der Waals surface area contributed by atoms with Gasteiger partial charge in [0.2, 0.25) is 5.95 Å². The molecule has 5 nitrogen and oxygen atoms in total. The van der Waals surface area contributed by atoms with Gasteiger partial charge in [0.15, 0.2) is 0 Å². The third-order valence-electron chi connectivity index (χ3n) is 4.12. The molecule has 0 atom stereocenters. The van der Waals surface area contributed by atoms with Gasteiger partial charge in [0.1, 0.15) is 0 Å². The van der Waals surface area contributed by atoms with Gasteiger partial charge in [0.05, 0.1) is 11.4 Å².